The van der Waals surface area contributed by atoms with Gasteiger partial charge in [0, 0.05) is 41.2 Å². The second-order valence-electron chi connectivity index (χ2n) is 3.94. The predicted octanol–water partition coefficient (Wildman–Crippen LogP) is 2.31. The van der Waals surface area contributed by atoms with E-state index in [9.17, 15) is 0 Å². The zero-order valence-electron chi connectivity index (χ0n) is 9.46. The van der Waals surface area contributed by atoms with E-state index in [0.29, 0.717) is 0 Å². The van der Waals surface area contributed by atoms with Crippen molar-refractivity contribution in [1.82, 2.24) is 14.5 Å². The number of pyridine rings is 1. The van der Waals surface area contributed by atoms with Crippen LogP contribution in [0.15, 0.2) is 43.0 Å². The molecule has 3 aromatic rings. The summed E-state index contributed by atoms with van der Waals surface area (Å²) in [6.07, 6.45) is 7.31. The lowest BCUT2D eigenvalue weighted by atomic mass is 10.1. The summed E-state index contributed by atoms with van der Waals surface area (Å²) in [5.74, 6) is 0.944. The van der Waals surface area contributed by atoms with Gasteiger partial charge < -0.3 is 10.3 Å². The van der Waals surface area contributed by atoms with E-state index in [2.05, 4.69) is 9.97 Å². The summed E-state index contributed by atoms with van der Waals surface area (Å²) >= 11 is 0. The minimum Gasteiger partial charge on any atom is -0.398 e. The van der Waals surface area contributed by atoms with Crippen LogP contribution >= 0.6 is 0 Å². The lowest BCUT2D eigenvalue weighted by Crippen LogP contribution is -1.98. The molecule has 0 radical (unpaired) electrons. The molecule has 17 heavy (non-hydrogen) atoms. The Hall–Kier alpha value is -2.36. The van der Waals surface area contributed by atoms with Gasteiger partial charge in [-0.3, -0.25) is 4.98 Å². The number of aromatic nitrogens is 3. The predicted molar refractivity (Wildman–Crippen MR) is 68.0 cm³/mol. The third-order valence-electron chi connectivity index (χ3n) is 2.91. The Morgan fingerprint density at radius 1 is 1.12 bits per heavy atom. The second-order valence-corrected chi connectivity index (χ2v) is 3.94. The zero-order chi connectivity index (χ0) is 11.8. The van der Waals surface area contributed by atoms with E-state index in [1.54, 1.807) is 12.4 Å². The highest BCUT2D eigenvalue weighted by Gasteiger charge is 2.07. The molecule has 0 saturated heterocycles. The van der Waals surface area contributed by atoms with Crippen molar-refractivity contribution in [3.8, 4) is 5.69 Å². The molecule has 0 spiro atoms. The average molecular weight is 224 g/mol. The van der Waals surface area contributed by atoms with E-state index >= 15 is 0 Å². The zero-order valence-corrected chi connectivity index (χ0v) is 9.46. The molecule has 0 fully saturated rings. The van der Waals surface area contributed by atoms with Crippen LogP contribution in [-0.2, 0) is 0 Å². The fourth-order valence-electron chi connectivity index (χ4n) is 2.04. The van der Waals surface area contributed by atoms with E-state index in [4.69, 9.17) is 5.73 Å². The minimum absolute atomic E-state index is 0.768. The molecular weight excluding hydrogens is 212 g/mol. The quantitative estimate of drug-likeness (QED) is 0.645. The minimum atomic E-state index is 0.768. The van der Waals surface area contributed by atoms with Crippen molar-refractivity contribution in [3.05, 3.63) is 48.8 Å². The van der Waals surface area contributed by atoms with Crippen LogP contribution < -0.4 is 5.73 Å². The number of nitrogens with two attached hydrogens (primary N) is 1. The van der Waals surface area contributed by atoms with E-state index in [-0.39, 0.29) is 0 Å². The summed E-state index contributed by atoms with van der Waals surface area (Å²) in [6.45, 7) is 1.97. The van der Waals surface area contributed by atoms with Crippen molar-refractivity contribution in [1.29, 1.82) is 0 Å². The molecule has 0 atom stereocenters. The SMILES string of the molecule is Cc1nccn1-c1ccc(N)c2ccncc12. The summed E-state index contributed by atoms with van der Waals surface area (Å²) in [5.41, 5.74) is 7.78. The summed E-state index contributed by atoms with van der Waals surface area (Å²) in [7, 11) is 0. The maximum Gasteiger partial charge on any atom is 0.110 e. The monoisotopic (exact) mass is 224 g/mol. The van der Waals surface area contributed by atoms with Gasteiger partial charge in [-0.15, -0.1) is 0 Å². The summed E-state index contributed by atoms with van der Waals surface area (Å²) in [5, 5.41) is 2.05. The van der Waals surface area contributed by atoms with E-state index in [0.717, 1.165) is 28.0 Å². The Morgan fingerprint density at radius 3 is 2.76 bits per heavy atom. The van der Waals surface area contributed by atoms with Gasteiger partial charge in [-0.1, -0.05) is 0 Å². The summed E-state index contributed by atoms with van der Waals surface area (Å²) < 4.78 is 2.03. The molecule has 3 rings (SSSR count). The number of imidazole rings is 1. The van der Waals surface area contributed by atoms with Crippen molar-refractivity contribution < 1.29 is 0 Å². The van der Waals surface area contributed by atoms with E-state index in [1.807, 2.05) is 42.1 Å². The Balaban J connectivity index is 2.39. The van der Waals surface area contributed by atoms with Crippen molar-refractivity contribution in [3.63, 3.8) is 0 Å². The van der Waals surface area contributed by atoms with Crippen LogP contribution in [-0.4, -0.2) is 14.5 Å². The van der Waals surface area contributed by atoms with Crippen LogP contribution in [0.1, 0.15) is 5.82 Å². The van der Waals surface area contributed by atoms with Gasteiger partial charge in [0.1, 0.15) is 5.82 Å². The van der Waals surface area contributed by atoms with Crippen molar-refractivity contribution in [2.45, 2.75) is 6.92 Å². The molecule has 0 saturated carbocycles. The highest BCUT2D eigenvalue weighted by Crippen LogP contribution is 2.26. The average Bonchev–Trinajstić information content (AvgIpc) is 2.77. The molecule has 0 aliphatic carbocycles. The number of fused-ring (bicyclic) bond motifs is 1. The summed E-state index contributed by atoms with van der Waals surface area (Å²) in [4.78, 5) is 8.40. The van der Waals surface area contributed by atoms with Gasteiger partial charge in [0.05, 0.1) is 5.69 Å². The number of rotatable bonds is 1. The highest BCUT2D eigenvalue weighted by atomic mass is 15.1. The maximum atomic E-state index is 5.96. The maximum absolute atomic E-state index is 5.96. The van der Waals surface area contributed by atoms with Crippen LogP contribution in [0.3, 0.4) is 0 Å². The molecule has 0 unspecified atom stereocenters. The molecule has 1 aromatic carbocycles. The van der Waals surface area contributed by atoms with Gasteiger partial charge >= 0.3 is 0 Å². The van der Waals surface area contributed by atoms with E-state index < -0.39 is 0 Å². The van der Waals surface area contributed by atoms with Gasteiger partial charge in [-0.2, -0.15) is 0 Å². The Morgan fingerprint density at radius 2 is 2.00 bits per heavy atom. The van der Waals surface area contributed by atoms with Crippen molar-refractivity contribution in [2.75, 3.05) is 5.73 Å². The smallest absolute Gasteiger partial charge is 0.110 e. The number of hydrogen-bond donors (Lipinski definition) is 1. The van der Waals surface area contributed by atoms with Crippen LogP contribution in [0.25, 0.3) is 16.5 Å². The molecule has 0 amide bonds. The summed E-state index contributed by atoms with van der Waals surface area (Å²) in [6, 6.07) is 5.84. The van der Waals surface area contributed by atoms with Crippen LogP contribution in [0.5, 0.6) is 0 Å². The number of nitrogen functional groups attached to an aromatic ring is 1. The first-order valence-electron chi connectivity index (χ1n) is 5.40. The Labute approximate surface area is 98.7 Å². The molecule has 2 N–H and O–H groups in total. The largest absolute Gasteiger partial charge is 0.398 e. The lowest BCUT2D eigenvalue weighted by molar-refractivity contribution is 0.982. The molecular formula is C13H12N4. The van der Waals surface area contributed by atoms with Gasteiger partial charge in [0.2, 0.25) is 0 Å². The molecule has 0 aliphatic heterocycles. The van der Waals surface area contributed by atoms with Gasteiger partial charge in [0.25, 0.3) is 0 Å². The Bertz CT molecular complexity index is 685. The van der Waals surface area contributed by atoms with Crippen LogP contribution in [0.4, 0.5) is 5.69 Å². The van der Waals surface area contributed by atoms with Crippen molar-refractivity contribution in [2.24, 2.45) is 0 Å². The van der Waals surface area contributed by atoms with Crippen LogP contribution in [0.2, 0.25) is 0 Å². The number of aryl methyl sites for hydroxylation is 1. The normalized spacial score (nSPS) is 10.9. The second kappa shape index (κ2) is 3.59. The van der Waals surface area contributed by atoms with Gasteiger partial charge in [-0.25, -0.2) is 4.98 Å². The third kappa shape index (κ3) is 1.45. The number of anilines is 1. The highest BCUT2D eigenvalue weighted by molar-refractivity contribution is 5.97. The molecule has 84 valence electrons. The number of nitrogens with zero attached hydrogens (tertiary/aromatic N) is 3. The fraction of sp³-hybridized carbons (Fsp3) is 0.0769. The molecule has 4 nitrogen and oxygen atoms in total. The fourth-order valence-corrected chi connectivity index (χ4v) is 2.04. The first-order valence-corrected chi connectivity index (χ1v) is 5.40. The number of benzene rings is 1. The molecule has 4 heteroatoms. The standard InChI is InChI=1S/C13H12N4/c1-9-16-6-7-17(9)13-3-2-12(14)10-4-5-15-8-11(10)13/h2-8H,14H2,1H3. The first kappa shape index (κ1) is 9.84. The van der Waals surface area contributed by atoms with Gasteiger partial charge in [-0.05, 0) is 25.1 Å². The van der Waals surface area contributed by atoms with Crippen molar-refractivity contribution >= 4 is 16.5 Å². The van der Waals surface area contributed by atoms with E-state index in [1.165, 1.54) is 0 Å². The Kier molecular flexibility index (Phi) is 2.08. The van der Waals surface area contributed by atoms with Crippen LogP contribution in [0, 0.1) is 6.92 Å². The molecule has 0 aliphatic rings. The van der Waals surface area contributed by atoms with Gasteiger partial charge in [0.15, 0.2) is 0 Å². The third-order valence-corrected chi connectivity index (χ3v) is 2.91. The lowest BCUT2D eigenvalue weighted by Gasteiger charge is -2.10. The molecule has 2 heterocycles. The number of hydrogen-bond acceptors (Lipinski definition) is 3. The molecule has 0 bridgehead atoms. The topological polar surface area (TPSA) is 56.7 Å². The first-order chi connectivity index (χ1) is 8.27. The molecule has 2 aromatic heterocycles.